The van der Waals surface area contributed by atoms with Crippen LogP contribution < -0.4 is 15.5 Å². The van der Waals surface area contributed by atoms with Crippen LogP contribution in [0.4, 0.5) is 11.4 Å². The lowest BCUT2D eigenvalue weighted by molar-refractivity contribution is -0.133. The van der Waals surface area contributed by atoms with Crippen molar-refractivity contribution in [3.8, 4) is 0 Å². The molecule has 0 aliphatic carbocycles. The highest BCUT2D eigenvalue weighted by molar-refractivity contribution is 9.10. The number of para-hydroxylation sites is 1. The van der Waals surface area contributed by atoms with Crippen LogP contribution in [-0.4, -0.2) is 30.8 Å². The molecule has 0 aromatic heterocycles. The Labute approximate surface area is 170 Å². The maximum absolute atomic E-state index is 12.6. The summed E-state index contributed by atoms with van der Waals surface area (Å²) >= 11 is 9.22. The number of anilines is 2. The molecule has 1 saturated heterocycles. The molecule has 1 fully saturated rings. The van der Waals surface area contributed by atoms with E-state index in [0.29, 0.717) is 23.7 Å². The molecule has 1 heterocycles. The standard InChI is InChI=1S/C19H17BrClN3O3/c20-15-3-1-2-4-16(15)24-10-9-14(19(24)27)18(26)22-11-17(25)23-13-7-5-12(21)6-8-13/h1-8,14H,9-11H2,(H,22,26)(H,23,25). The molecule has 27 heavy (non-hydrogen) atoms. The minimum Gasteiger partial charge on any atom is -0.346 e. The average Bonchev–Trinajstić information content (AvgIpc) is 3.03. The molecule has 2 N–H and O–H groups in total. The number of carbonyl (C=O) groups is 3. The van der Waals surface area contributed by atoms with Crippen molar-refractivity contribution in [2.24, 2.45) is 5.92 Å². The van der Waals surface area contributed by atoms with Crippen LogP contribution in [0.25, 0.3) is 0 Å². The normalized spacial score (nSPS) is 16.3. The molecule has 1 aliphatic rings. The van der Waals surface area contributed by atoms with Crippen molar-refractivity contribution >= 4 is 56.6 Å². The third kappa shape index (κ3) is 4.67. The van der Waals surface area contributed by atoms with E-state index in [1.807, 2.05) is 24.3 Å². The Morgan fingerprint density at radius 1 is 1.15 bits per heavy atom. The van der Waals surface area contributed by atoms with E-state index in [1.54, 1.807) is 29.2 Å². The molecule has 2 aromatic rings. The highest BCUT2D eigenvalue weighted by Gasteiger charge is 2.38. The van der Waals surface area contributed by atoms with Crippen molar-refractivity contribution in [2.45, 2.75) is 6.42 Å². The van der Waals surface area contributed by atoms with Crippen LogP contribution in [-0.2, 0) is 14.4 Å². The minimum atomic E-state index is -0.791. The number of carbonyl (C=O) groups excluding carboxylic acids is 3. The zero-order chi connectivity index (χ0) is 19.4. The first-order chi connectivity index (χ1) is 13.0. The topological polar surface area (TPSA) is 78.5 Å². The zero-order valence-electron chi connectivity index (χ0n) is 14.2. The summed E-state index contributed by atoms with van der Waals surface area (Å²) in [5.74, 6) is -1.88. The minimum absolute atomic E-state index is 0.208. The summed E-state index contributed by atoms with van der Waals surface area (Å²) in [4.78, 5) is 38.5. The van der Waals surface area contributed by atoms with Gasteiger partial charge in [-0.1, -0.05) is 23.7 Å². The maximum atomic E-state index is 12.6. The molecule has 8 heteroatoms. The molecule has 6 nitrogen and oxygen atoms in total. The van der Waals surface area contributed by atoms with E-state index in [1.165, 1.54) is 0 Å². The molecule has 1 aliphatic heterocycles. The zero-order valence-corrected chi connectivity index (χ0v) is 16.6. The number of hydrogen-bond acceptors (Lipinski definition) is 3. The Morgan fingerprint density at radius 2 is 1.85 bits per heavy atom. The Balaban J connectivity index is 1.54. The van der Waals surface area contributed by atoms with E-state index >= 15 is 0 Å². The van der Waals surface area contributed by atoms with Crippen LogP contribution >= 0.6 is 27.5 Å². The Hall–Kier alpha value is -2.38. The lowest BCUT2D eigenvalue weighted by Gasteiger charge is -2.18. The molecule has 0 saturated carbocycles. The highest BCUT2D eigenvalue weighted by Crippen LogP contribution is 2.31. The van der Waals surface area contributed by atoms with Gasteiger partial charge in [-0.05, 0) is 58.7 Å². The molecule has 140 valence electrons. The number of nitrogens with zero attached hydrogens (tertiary/aromatic N) is 1. The number of hydrogen-bond donors (Lipinski definition) is 2. The van der Waals surface area contributed by atoms with Crippen molar-refractivity contribution in [1.29, 1.82) is 0 Å². The maximum Gasteiger partial charge on any atom is 0.243 e. The smallest absolute Gasteiger partial charge is 0.243 e. The van der Waals surface area contributed by atoms with Gasteiger partial charge in [-0.3, -0.25) is 14.4 Å². The number of halogens is 2. The number of amides is 3. The van der Waals surface area contributed by atoms with E-state index in [9.17, 15) is 14.4 Å². The van der Waals surface area contributed by atoms with Gasteiger partial charge in [0.2, 0.25) is 17.7 Å². The van der Waals surface area contributed by atoms with Crippen LogP contribution in [0.15, 0.2) is 53.0 Å². The SMILES string of the molecule is O=C(CNC(=O)C1CCN(c2ccccc2Br)C1=O)Nc1ccc(Cl)cc1. The number of rotatable bonds is 5. The third-order valence-corrected chi connectivity index (χ3v) is 5.14. The molecule has 3 amide bonds. The lowest BCUT2D eigenvalue weighted by Crippen LogP contribution is -2.40. The van der Waals surface area contributed by atoms with E-state index in [2.05, 4.69) is 26.6 Å². The second kappa shape index (κ2) is 8.54. The van der Waals surface area contributed by atoms with Gasteiger partial charge in [0, 0.05) is 21.7 Å². The predicted molar refractivity (Wildman–Crippen MR) is 108 cm³/mol. The first kappa shape index (κ1) is 19.4. The predicted octanol–water partition coefficient (Wildman–Crippen LogP) is 3.21. The molecule has 2 aromatic carbocycles. The molecular formula is C19H17BrClN3O3. The summed E-state index contributed by atoms with van der Waals surface area (Å²) in [6, 6.07) is 14.0. The Kier molecular flexibility index (Phi) is 6.13. The van der Waals surface area contributed by atoms with Crippen LogP contribution in [0.3, 0.4) is 0 Å². The summed E-state index contributed by atoms with van der Waals surface area (Å²) in [6.07, 6.45) is 0.408. The monoisotopic (exact) mass is 449 g/mol. The number of nitrogens with one attached hydrogen (secondary N) is 2. The summed E-state index contributed by atoms with van der Waals surface area (Å²) in [6.45, 7) is 0.247. The molecule has 0 radical (unpaired) electrons. The number of benzene rings is 2. The van der Waals surface area contributed by atoms with Gasteiger partial charge in [0.05, 0.1) is 12.2 Å². The van der Waals surface area contributed by atoms with Gasteiger partial charge in [0.1, 0.15) is 5.92 Å². The van der Waals surface area contributed by atoms with E-state index in [-0.39, 0.29) is 18.4 Å². The van der Waals surface area contributed by atoms with Gasteiger partial charge < -0.3 is 15.5 Å². The first-order valence-electron chi connectivity index (χ1n) is 8.35. The van der Waals surface area contributed by atoms with E-state index in [4.69, 9.17) is 11.6 Å². The molecule has 3 rings (SSSR count). The lowest BCUT2D eigenvalue weighted by atomic mass is 10.1. The molecule has 0 spiro atoms. The quantitative estimate of drug-likeness (QED) is 0.687. The highest BCUT2D eigenvalue weighted by atomic mass is 79.9. The van der Waals surface area contributed by atoms with E-state index < -0.39 is 11.8 Å². The van der Waals surface area contributed by atoms with Crippen LogP contribution in [0.1, 0.15) is 6.42 Å². The van der Waals surface area contributed by atoms with E-state index in [0.717, 1.165) is 10.2 Å². The first-order valence-corrected chi connectivity index (χ1v) is 9.52. The van der Waals surface area contributed by atoms with Crippen LogP contribution in [0.5, 0.6) is 0 Å². The molecule has 0 bridgehead atoms. The van der Waals surface area contributed by atoms with Gasteiger partial charge in [-0.25, -0.2) is 0 Å². The molecular weight excluding hydrogens is 434 g/mol. The summed E-state index contributed by atoms with van der Waals surface area (Å²) in [5, 5.41) is 5.76. The van der Waals surface area contributed by atoms with Crippen molar-refractivity contribution in [3.05, 3.63) is 58.0 Å². The third-order valence-electron chi connectivity index (χ3n) is 4.22. The molecule has 1 unspecified atom stereocenters. The fourth-order valence-corrected chi connectivity index (χ4v) is 3.49. The fraction of sp³-hybridized carbons (Fsp3) is 0.211. The van der Waals surface area contributed by atoms with Crippen molar-refractivity contribution < 1.29 is 14.4 Å². The summed E-state index contributed by atoms with van der Waals surface area (Å²) in [5.41, 5.74) is 1.31. The van der Waals surface area contributed by atoms with Crippen LogP contribution in [0, 0.1) is 5.92 Å². The largest absolute Gasteiger partial charge is 0.346 e. The average molecular weight is 451 g/mol. The van der Waals surface area contributed by atoms with Gasteiger partial charge in [-0.15, -0.1) is 0 Å². The van der Waals surface area contributed by atoms with Crippen molar-refractivity contribution in [3.63, 3.8) is 0 Å². The van der Waals surface area contributed by atoms with Gasteiger partial charge in [0.25, 0.3) is 0 Å². The Bertz CT molecular complexity index is 873. The van der Waals surface area contributed by atoms with Gasteiger partial charge in [0.15, 0.2) is 0 Å². The second-order valence-electron chi connectivity index (χ2n) is 6.06. The van der Waals surface area contributed by atoms with Crippen LogP contribution in [0.2, 0.25) is 5.02 Å². The van der Waals surface area contributed by atoms with Gasteiger partial charge in [-0.2, -0.15) is 0 Å². The Morgan fingerprint density at radius 3 is 2.56 bits per heavy atom. The van der Waals surface area contributed by atoms with Gasteiger partial charge >= 0.3 is 0 Å². The van der Waals surface area contributed by atoms with Crippen molar-refractivity contribution in [1.82, 2.24) is 5.32 Å². The molecule has 1 atom stereocenters. The summed E-state index contributed by atoms with van der Waals surface area (Å²) in [7, 11) is 0. The van der Waals surface area contributed by atoms with Crippen molar-refractivity contribution in [2.75, 3.05) is 23.3 Å². The fourth-order valence-electron chi connectivity index (χ4n) is 2.86. The second-order valence-corrected chi connectivity index (χ2v) is 7.35. The summed E-state index contributed by atoms with van der Waals surface area (Å²) < 4.78 is 0.793.